The van der Waals surface area contributed by atoms with E-state index in [0.29, 0.717) is 17.4 Å². The number of fused-ring (bicyclic) bond motifs is 2. The van der Waals surface area contributed by atoms with Crippen molar-refractivity contribution >= 4 is 28.7 Å². The topological polar surface area (TPSA) is 125 Å². The van der Waals surface area contributed by atoms with Crippen LogP contribution in [0.25, 0.3) is 11.0 Å². The Morgan fingerprint density at radius 1 is 1.23 bits per heavy atom. The number of rotatable bonds is 3. The quantitative estimate of drug-likeness (QED) is 0.514. The van der Waals surface area contributed by atoms with Crippen molar-refractivity contribution in [2.45, 2.75) is 38.1 Å². The van der Waals surface area contributed by atoms with Crippen LogP contribution in [-0.2, 0) is 17.9 Å². The Labute approximate surface area is 167 Å². The third kappa shape index (κ3) is 3.99. The number of carbonyl (C=O) groups excluding carboxylic acids is 1. The third-order valence-electron chi connectivity index (χ3n) is 4.81. The smallest absolute Gasteiger partial charge is 0.475 e. The monoisotopic (exact) mass is 422 g/mol. The number of H-pyrrole nitrogens is 1. The molecule has 2 aromatic heterocycles. The number of nitrogens with one attached hydrogen (secondary N) is 3. The van der Waals surface area contributed by atoms with Gasteiger partial charge in [-0.2, -0.15) is 18.3 Å². The molecule has 0 saturated heterocycles. The Morgan fingerprint density at radius 2 is 1.97 bits per heavy atom. The molecule has 1 amide bonds. The molecule has 5 rings (SSSR count). The molecule has 0 bridgehead atoms. The lowest BCUT2D eigenvalue weighted by molar-refractivity contribution is -0.192. The van der Waals surface area contributed by atoms with Crippen LogP contribution in [0.15, 0.2) is 24.5 Å². The standard InChI is InChI=1S/C16H16N6O.C2HF3O2/c23-16(19-15-11-6-17-7-13(11)20-21-15)9-1-4-12-14(5-9)22(8-18-12)10-2-3-10;3-2(4,5)1(6)7/h1,4-5,8,10,17H,2-3,6-7H2,(H2,19,20,21,23);(H,6,7). The lowest BCUT2D eigenvalue weighted by atomic mass is 10.1. The molecule has 1 aliphatic carbocycles. The van der Waals surface area contributed by atoms with Gasteiger partial charge in [0.15, 0.2) is 5.82 Å². The summed E-state index contributed by atoms with van der Waals surface area (Å²) in [7, 11) is 0. The van der Waals surface area contributed by atoms with E-state index in [9.17, 15) is 18.0 Å². The normalized spacial score (nSPS) is 15.4. The summed E-state index contributed by atoms with van der Waals surface area (Å²) in [4.78, 5) is 25.9. The van der Waals surface area contributed by atoms with E-state index in [1.165, 1.54) is 12.8 Å². The predicted molar refractivity (Wildman–Crippen MR) is 98.8 cm³/mol. The molecule has 0 atom stereocenters. The Bertz CT molecular complexity index is 1120. The molecule has 1 aromatic carbocycles. The SMILES string of the molecule is O=C(Nc1n[nH]c2c1CNC2)c1ccc2ncn(C3CC3)c2c1.O=C(O)C(F)(F)F. The second-order valence-corrected chi connectivity index (χ2v) is 6.98. The molecule has 12 heteroatoms. The van der Waals surface area contributed by atoms with Crippen LogP contribution in [0.4, 0.5) is 19.0 Å². The molecule has 30 heavy (non-hydrogen) atoms. The second-order valence-electron chi connectivity index (χ2n) is 6.98. The fourth-order valence-corrected chi connectivity index (χ4v) is 3.14. The molecular formula is C18H17F3N6O3. The van der Waals surface area contributed by atoms with Crippen LogP contribution >= 0.6 is 0 Å². The lowest BCUT2D eigenvalue weighted by Crippen LogP contribution is -2.21. The number of carboxylic acids is 1. The lowest BCUT2D eigenvalue weighted by Gasteiger charge is -2.06. The van der Waals surface area contributed by atoms with Gasteiger partial charge >= 0.3 is 12.1 Å². The van der Waals surface area contributed by atoms with Crippen LogP contribution in [0.2, 0.25) is 0 Å². The number of hydrogen-bond acceptors (Lipinski definition) is 5. The van der Waals surface area contributed by atoms with Crippen LogP contribution in [0.5, 0.6) is 0 Å². The second kappa shape index (κ2) is 7.44. The molecule has 0 unspecified atom stereocenters. The van der Waals surface area contributed by atoms with E-state index in [2.05, 4.69) is 30.4 Å². The number of benzene rings is 1. The third-order valence-corrected chi connectivity index (χ3v) is 4.81. The number of amides is 1. The van der Waals surface area contributed by atoms with Crippen LogP contribution in [0.3, 0.4) is 0 Å². The molecule has 0 radical (unpaired) electrons. The first-order valence-corrected chi connectivity index (χ1v) is 9.09. The summed E-state index contributed by atoms with van der Waals surface area (Å²) < 4.78 is 33.9. The van der Waals surface area contributed by atoms with Crippen LogP contribution in [-0.4, -0.2) is 42.9 Å². The summed E-state index contributed by atoms with van der Waals surface area (Å²) in [5.74, 6) is -2.28. The first-order chi connectivity index (χ1) is 14.2. The first-order valence-electron chi connectivity index (χ1n) is 9.09. The molecule has 9 nitrogen and oxygen atoms in total. The Kier molecular flexibility index (Phi) is 4.94. The number of carboxylic acid groups (broad SMARTS) is 1. The zero-order chi connectivity index (χ0) is 21.5. The van der Waals surface area contributed by atoms with Gasteiger partial charge in [0.05, 0.1) is 23.1 Å². The predicted octanol–water partition coefficient (Wildman–Crippen LogP) is 2.58. The highest BCUT2D eigenvalue weighted by molar-refractivity contribution is 6.05. The maximum Gasteiger partial charge on any atom is 0.490 e. The molecular weight excluding hydrogens is 405 g/mol. The first kappa shape index (κ1) is 19.9. The summed E-state index contributed by atoms with van der Waals surface area (Å²) in [6.45, 7) is 1.50. The zero-order valence-corrected chi connectivity index (χ0v) is 15.5. The van der Waals surface area contributed by atoms with Gasteiger partial charge in [0.1, 0.15) is 0 Å². The molecule has 2 aliphatic rings. The minimum atomic E-state index is -5.08. The summed E-state index contributed by atoms with van der Waals surface area (Å²) in [5.41, 5.74) is 4.67. The fourth-order valence-electron chi connectivity index (χ4n) is 3.14. The number of alkyl halides is 3. The average molecular weight is 422 g/mol. The highest BCUT2D eigenvalue weighted by Gasteiger charge is 2.38. The van der Waals surface area contributed by atoms with Gasteiger partial charge in [-0.25, -0.2) is 9.78 Å². The van der Waals surface area contributed by atoms with E-state index in [0.717, 1.165) is 35.4 Å². The van der Waals surface area contributed by atoms with E-state index >= 15 is 0 Å². The van der Waals surface area contributed by atoms with Crippen molar-refractivity contribution in [3.63, 3.8) is 0 Å². The number of halogens is 3. The van der Waals surface area contributed by atoms with Gasteiger partial charge in [-0.1, -0.05) is 0 Å². The van der Waals surface area contributed by atoms with Crippen LogP contribution in [0.1, 0.15) is 40.5 Å². The van der Waals surface area contributed by atoms with Crippen LogP contribution < -0.4 is 10.6 Å². The maximum atomic E-state index is 12.6. The number of aromatic amines is 1. The van der Waals surface area contributed by atoms with Crippen LogP contribution in [0, 0.1) is 0 Å². The Morgan fingerprint density at radius 3 is 2.63 bits per heavy atom. The van der Waals surface area contributed by atoms with E-state index in [-0.39, 0.29) is 5.91 Å². The number of aliphatic carboxylic acids is 1. The molecule has 158 valence electrons. The van der Waals surface area contributed by atoms with Crippen molar-refractivity contribution in [1.82, 2.24) is 25.1 Å². The molecule has 0 spiro atoms. The molecule has 1 saturated carbocycles. The van der Waals surface area contributed by atoms with E-state index in [1.54, 1.807) is 0 Å². The zero-order valence-electron chi connectivity index (χ0n) is 15.5. The Balaban J connectivity index is 0.000000272. The van der Waals surface area contributed by atoms with Crippen molar-refractivity contribution in [2.24, 2.45) is 0 Å². The summed E-state index contributed by atoms with van der Waals surface area (Å²) in [6.07, 6.45) is -0.834. The summed E-state index contributed by atoms with van der Waals surface area (Å²) >= 11 is 0. The molecule has 3 heterocycles. The van der Waals surface area contributed by atoms with Gasteiger partial charge < -0.3 is 20.3 Å². The average Bonchev–Trinajstić information content (AvgIpc) is 3.12. The number of imidazole rings is 1. The summed E-state index contributed by atoms with van der Waals surface area (Å²) in [5, 5.41) is 20.4. The van der Waals surface area contributed by atoms with Gasteiger partial charge in [-0.3, -0.25) is 9.89 Å². The van der Waals surface area contributed by atoms with Gasteiger partial charge in [0, 0.05) is 30.3 Å². The van der Waals surface area contributed by atoms with Crippen molar-refractivity contribution < 1.29 is 27.9 Å². The molecule has 1 fully saturated rings. The van der Waals surface area contributed by atoms with E-state index in [4.69, 9.17) is 9.90 Å². The fraction of sp³-hybridized carbons (Fsp3) is 0.333. The van der Waals surface area contributed by atoms with Crippen molar-refractivity contribution in [2.75, 3.05) is 5.32 Å². The molecule has 4 N–H and O–H groups in total. The van der Waals surface area contributed by atoms with Gasteiger partial charge in [-0.05, 0) is 31.0 Å². The highest BCUT2D eigenvalue weighted by Crippen LogP contribution is 2.37. The Hall–Kier alpha value is -3.41. The number of nitrogens with zero attached hydrogens (tertiary/aromatic N) is 3. The molecule has 3 aromatic rings. The number of carbonyl (C=O) groups is 2. The molecule has 1 aliphatic heterocycles. The van der Waals surface area contributed by atoms with Gasteiger partial charge in [0.2, 0.25) is 0 Å². The van der Waals surface area contributed by atoms with E-state index in [1.807, 2.05) is 24.5 Å². The van der Waals surface area contributed by atoms with E-state index < -0.39 is 12.1 Å². The number of anilines is 1. The highest BCUT2D eigenvalue weighted by atomic mass is 19.4. The van der Waals surface area contributed by atoms with Gasteiger partial charge in [0.25, 0.3) is 5.91 Å². The maximum absolute atomic E-state index is 12.6. The minimum absolute atomic E-state index is 0.142. The van der Waals surface area contributed by atoms with Gasteiger partial charge in [-0.15, -0.1) is 0 Å². The van der Waals surface area contributed by atoms with Crippen molar-refractivity contribution in [3.05, 3.63) is 41.3 Å². The van der Waals surface area contributed by atoms with Crippen molar-refractivity contribution in [3.8, 4) is 0 Å². The summed E-state index contributed by atoms with van der Waals surface area (Å²) in [6, 6.07) is 6.17. The minimum Gasteiger partial charge on any atom is -0.475 e. The number of aromatic nitrogens is 4. The largest absolute Gasteiger partial charge is 0.490 e. The van der Waals surface area contributed by atoms with Crippen molar-refractivity contribution in [1.29, 1.82) is 0 Å². The number of hydrogen-bond donors (Lipinski definition) is 4.